The standard InChI is InChI=1S/C17H18FN5/c1-13-21-16(14-5-2-3-6-15(14)18)11-17(22-13)20-7-4-9-23-10-8-19-12-23/h2-3,5-6,8,10-12H,4,7,9H2,1H3,(H,20,21,22). The van der Waals surface area contributed by atoms with E-state index in [0.29, 0.717) is 22.9 Å². The molecular formula is C17H18FN5. The first kappa shape index (κ1) is 15.1. The Balaban J connectivity index is 1.67. The highest BCUT2D eigenvalue weighted by Gasteiger charge is 2.08. The predicted molar refractivity (Wildman–Crippen MR) is 87.5 cm³/mol. The molecule has 6 heteroatoms. The monoisotopic (exact) mass is 311 g/mol. The molecule has 1 N–H and O–H groups in total. The molecule has 5 nitrogen and oxygen atoms in total. The first-order valence-corrected chi connectivity index (χ1v) is 7.52. The lowest BCUT2D eigenvalue weighted by Crippen LogP contribution is -2.08. The average molecular weight is 311 g/mol. The van der Waals surface area contributed by atoms with Gasteiger partial charge < -0.3 is 9.88 Å². The van der Waals surface area contributed by atoms with Crippen LogP contribution in [-0.4, -0.2) is 26.1 Å². The number of halogens is 1. The molecule has 0 aliphatic heterocycles. The Morgan fingerprint density at radius 1 is 1.22 bits per heavy atom. The van der Waals surface area contributed by atoms with Crippen LogP contribution in [0.5, 0.6) is 0 Å². The van der Waals surface area contributed by atoms with E-state index in [1.165, 1.54) is 6.07 Å². The smallest absolute Gasteiger partial charge is 0.132 e. The van der Waals surface area contributed by atoms with Crippen LogP contribution in [0.4, 0.5) is 10.2 Å². The van der Waals surface area contributed by atoms with Gasteiger partial charge in [0.1, 0.15) is 17.5 Å². The molecule has 2 heterocycles. The van der Waals surface area contributed by atoms with Crippen LogP contribution in [-0.2, 0) is 6.54 Å². The van der Waals surface area contributed by atoms with E-state index in [9.17, 15) is 4.39 Å². The summed E-state index contributed by atoms with van der Waals surface area (Å²) in [5, 5.41) is 3.27. The Kier molecular flexibility index (Phi) is 4.61. The van der Waals surface area contributed by atoms with Gasteiger partial charge in [-0.15, -0.1) is 0 Å². The van der Waals surface area contributed by atoms with Gasteiger partial charge in [-0.05, 0) is 25.5 Å². The molecule has 0 spiro atoms. The summed E-state index contributed by atoms with van der Waals surface area (Å²) in [6.45, 7) is 3.46. The van der Waals surface area contributed by atoms with Gasteiger partial charge in [0.05, 0.1) is 12.0 Å². The first-order valence-electron chi connectivity index (χ1n) is 7.52. The Morgan fingerprint density at radius 3 is 2.87 bits per heavy atom. The summed E-state index contributed by atoms with van der Waals surface area (Å²) in [7, 11) is 0. The summed E-state index contributed by atoms with van der Waals surface area (Å²) in [5.74, 6) is 1.04. The van der Waals surface area contributed by atoms with Crippen LogP contribution >= 0.6 is 0 Å². The molecule has 0 aliphatic rings. The minimum Gasteiger partial charge on any atom is -0.370 e. The van der Waals surface area contributed by atoms with Crippen molar-refractivity contribution in [3.8, 4) is 11.3 Å². The van der Waals surface area contributed by atoms with E-state index in [1.807, 2.05) is 10.8 Å². The largest absolute Gasteiger partial charge is 0.370 e. The van der Waals surface area contributed by atoms with Crippen LogP contribution in [0.1, 0.15) is 12.2 Å². The van der Waals surface area contributed by atoms with Gasteiger partial charge in [0.25, 0.3) is 0 Å². The quantitative estimate of drug-likeness (QED) is 0.710. The van der Waals surface area contributed by atoms with E-state index in [4.69, 9.17) is 0 Å². The summed E-state index contributed by atoms with van der Waals surface area (Å²) in [5.41, 5.74) is 1.08. The van der Waals surface area contributed by atoms with Gasteiger partial charge in [-0.3, -0.25) is 0 Å². The van der Waals surface area contributed by atoms with E-state index >= 15 is 0 Å². The zero-order valence-corrected chi connectivity index (χ0v) is 12.9. The molecule has 0 atom stereocenters. The van der Waals surface area contributed by atoms with E-state index < -0.39 is 0 Å². The molecule has 0 fully saturated rings. The number of hydrogen-bond donors (Lipinski definition) is 1. The maximum atomic E-state index is 13.9. The lowest BCUT2D eigenvalue weighted by molar-refractivity contribution is 0.630. The Labute approximate surface area is 134 Å². The van der Waals surface area contributed by atoms with Crippen LogP contribution in [0.25, 0.3) is 11.3 Å². The van der Waals surface area contributed by atoms with Gasteiger partial charge in [-0.25, -0.2) is 19.3 Å². The van der Waals surface area contributed by atoms with Crippen molar-refractivity contribution in [3.63, 3.8) is 0 Å². The summed E-state index contributed by atoms with van der Waals surface area (Å²) in [4.78, 5) is 12.7. The third kappa shape index (κ3) is 3.91. The second-order valence-electron chi connectivity index (χ2n) is 5.25. The molecule has 0 aliphatic carbocycles. The highest BCUT2D eigenvalue weighted by Crippen LogP contribution is 2.22. The van der Waals surface area contributed by atoms with Crippen molar-refractivity contribution in [1.29, 1.82) is 0 Å². The van der Waals surface area contributed by atoms with E-state index in [2.05, 4.69) is 20.3 Å². The fraction of sp³-hybridized carbons (Fsp3) is 0.235. The number of rotatable bonds is 6. The molecule has 0 unspecified atom stereocenters. The number of nitrogens with one attached hydrogen (secondary N) is 1. The molecule has 0 amide bonds. The molecule has 0 saturated heterocycles. The van der Waals surface area contributed by atoms with Crippen molar-refractivity contribution in [2.45, 2.75) is 19.9 Å². The number of benzene rings is 1. The maximum absolute atomic E-state index is 13.9. The summed E-state index contributed by atoms with van der Waals surface area (Å²) in [6, 6.07) is 8.41. The van der Waals surface area contributed by atoms with Crippen molar-refractivity contribution >= 4 is 5.82 Å². The van der Waals surface area contributed by atoms with Crippen molar-refractivity contribution < 1.29 is 4.39 Å². The number of aromatic nitrogens is 4. The minimum atomic E-state index is -0.281. The Hall–Kier alpha value is -2.76. The van der Waals surface area contributed by atoms with Crippen LogP contribution in [0.2, 0.25) is 0 Å². The molecule has 23 heavy (non-hydrogen) atoms. The van der Waals surface area contributed by atoms with E-state index in [-0.39, 0.29) is 5.82 Å². The lowest BCUT2D eigenvalue weighted by Gasteiger charge is -2.09. The normalized spacial score (nSPS) is 10.7. The highest BCUT2D eigenvalue weighted by molar-refractivity contribution is 5.63. The van der Waals surface area contributed by atoms with Crippen molar-refractivity contribution in [2.75, 3.05) is 11.9 Å². The maximum Gasteiger partial charge on any atom is 0.132 e. The first-order chi connectivity index (χ1) is 11.2. The fourth-order valence-electron chi connectivity index (χ4n) is 2.36. The molecule has 2 aromatic heterocycles. The molecule has 1 aromatic carbocycles. The second kappa shape index (κ2) is 7.00. The number of nitrogens with zero attached hydrogens (tertiary/aromatic N) is 4. The molecule has 0 saturated carbocycles. The third-order valence-corrected chi connectivity index (χ3v) is 3.45. The van der Waals surface area contributed by atoms with Crippen molar-refractivity contribution in [2.24, 2.45) is 0 Å². The molecular weight excluding hydrogens is 293 g/mol. The van der Waals surface area contributed by atoms with Crippen molar-refractivity contribution in [1.82, 2.24) is 19.5 Å². The highest BCUT2D eigenvalue weighted by atomic mass is 19.1. The predicted octanol–water partition coefficient (Wildman–Crippen LogP) is 3.29. The number of anilines is 1. The number of imidazole rings is 1. The fourth-order valence-corrected chi connectivity index (χ4v) is 2.36. The van der Waals surface area contributed by atoms with Crippen LogP contribution in [0.15, 0.2) is 49.1 Å². The minimum absolute atomic E-state index is 0.281. The van der Waals surface area contributed by atoms with E-state index in [0.717, 1.165) is 19.5 Å². The van der Waals surface area contributed by atoms with Crippen molar-refractivity contribution in [3.05, 3.63) is 60.7 Å². The lowest BCUT2D eigenvalue weighted by atomic mass is 10.1. The second-order valence-corrected chi connectivity index (χ2v) is 5.25. The van der Waals surface area contributed by atoms with Gasteiger partial charge in [0, 0.05) is 37.1 Å². The van der Waals surface area contributed by atoms with Gasteiger partial charge in [0.2, 0.25) is 0 Å². The van der Waals surface area contributed by atoms with E-state index in [1.54, 1.807) is 43.7 Å². The summed E-state index contributed by atoms with van der Waals surface area (Å²) in [6.07, 6.45) is 6.44. The third-order valence-electron chi connectivity index (χ3n) is 3.45. The van der Waals surface area contributed by atoms with Gasteiger partial charge in [-0.2, -0.15) is 0 Å². The summed E-state index contributed by atoms with van der Waals surface area (Å²) < 4.78 is 15.9. The molecule has 0 bridgehead atoms. The Bertz CT molecular complexity index is 770. The molecule has 118 valence electrons. The SMILES string of the molecule is Cc1nc(NCCCn2ccnc2)cc(-c2ccccc2F)n1. The number of hydrogen-bond acceptors (Lipinski definition) is 4. The molecule has 3 aromatic rings. The average Bonchev–Trinajstić information content (AvgIpc) is 3.05. The van der Waals surface area contributed by atoms with Crippen LogP contribution in [0.3, 0.4) is 0 Å². The van der Waals surface area contributed by atoms with Crippen LogP contribution < -0.4 is 5.32 Å². The zero-order valence-electron chi connectivity index (χ0n) is 12.9. The molecule has 0 radical (unpaired) electrons. The Morgan fingerprint density at radius 2 is 2.09 bits per heavy atom. The summed E-state index contributed by atoms with van der Waals surface area (Å²) >= 11 is 0. The molecule has 3 rings (SSSR count). The number of aryl methyl sites for hydroxylation is 2. The topological polar surface area (TPSA) is 55.6 Å². The van der Waals surface area contributed by atoms with Crippen LogP contribution in [0, 0.1) is 12.7 Å². The van der Waals surface area contributed by atoms with Gasteiger partial charge >= 0.3 is 0 Å². The zero-order chi connectivity index (χ0) is 16.1. The van der Waals surface area contributed by atoms with Gasteiger partial charge in [-0.1, -0.05) is 12.1 Å². The van der Waals surface area contributed by atoms with Gasteiger partial charge in [0.15, 0.2) is 0 Å².